The van der Waals surface area contributed by atoms with E-state index in [-0.39, 0.29) is 0 Å². The third-order valence-electron chi connectivity index (χ3n) is 2.61. The van der Waals surface area contributed by atoms with Crippen molar-refractivity contribution in [3.8, 4) is 5.75 Å². The number of rotatable bonds is 5. The van der Waals surface area contributed by atoms with Gasteiger partial charge in [-0.15, -0.1) is 0 Å². The highest BCUT2D eigenvalue weighted by atomic mass is 16.5. The largest absolute Gasteiger partial charge is 0.493 e. The average molecular weight is 207 g/mol. The number of hydrogen-bond donors (Lipinski definition) is 1. The number of aryl methyl sites for hydroxylation is 2. The summed E-state index contributed by atoms with van der Waals surface area (Å²) < 4.78 is 5.70. The quantitative estimate of drug-likeness (QED) is 0.805. The second-order valence-electron chi connectivity index (χ2n) is 3.83. The Kier molecular flexibility index (Phi) is 4.63. The van der Waals surface area contributed by atoms with Crippen LogP contribution >= 0.6 is 0 Å². The zero-order valence-electron chi connectivity index (χ0n) is 9.97. The van der Waals surface area contributed by atoms with Crippen LogP contribution < -0.4 is 10.5 Å². The molecule has 0 saturated carbocycles. The van der Waals surface area contributed by atoms with E-state index in [1.165, 1.54) is 16.7 Å². The highest BCUT2D eigenvalue weighted by molar-refractivity contribution is 5.45. The molecule has 0 saturated heterocycles. The van der Waals surface area contributed by atoms with Gasteiger partial charge in [0.05, 0.1) is 6.61 Å². The van der Waals surface area contributed by atoms with E-state index in [0.29, 0.717) is 0 Å². The lowest BCUT2D eigenvalue weighted by Gasteiger charge is -2.15. The Hall–Kier alpha value is -1.02. The third kappa shape index (κ3) is 2.96. The molecule has 0 aliphatic heterocycles. The molecule has 0 bridgehead atoms. The van der Waals surface area contributed by atoms with E-state index in [2.05, 4.69) is 26.0 Å². The Morgan fingerprint density at radius 1 is 1.20 bits per heavy atom. The fraction of sp³-hybridized carbons (Fsp3) is 0.538. The molecule has 1 aromatic carbocycles. The highest BCUT2D eigenvalue weighted by Crippen LogP contribution is 2.27. The molecular weight excluding hydrogens is 186 g/mol. The highest BCUT2D eigenvalue weighted by Gasteiger charge is 2.09. The summed E-state index contributed by atoms with van der Waals surface area (Å²) in [5.74, 6) is 1.06. The molecule has 2 heteroatoms. The topological polar surface area (TPSA) is 35.2 Å². The van der Waals surface area contributed by atoms with Crippen molar-refractivity contribution < 1.29 is 4.74 Å². The zero-order valence-corrected chi connectivity index (χ0v) is 9.97. The van der Waals surface area contributed by atoms with Gasteiger partial charge in [-0.3, -0.25) is 0 Å². The summed E-state index contributed by atoms with van der Waals surface area (Å²) in [6.07, 6.45) is 2.03. The minimum Gasteiger partial charge on any atom is -0.493 e. The summed E-state index contributed by atoms with van der Waals surface area (Å²) in [7, 11) is 0. The van der Waals surface area contributed by atoms with E-state index >= 15 is 0 Å². The maximum Gasteiger partial charge on any atom is 0.125 e. The first kappa shape index (κ1) is 12.1. The molecule has 1 aromatic rings. The van der Waals surface area contributed by atoms with Crippen molar-refractivity contribution >= 4 is 0 Å². The summed E-state index contributed by atoms with van der Waals surface area (Å²) in [5, 5.41) is 0. The average Bonchev–Trinajstić information content (AvgIpc) is 2.23. The summed E-state index contributed by atoms with van der Waals surface area (Å²) in [6, 6.07) is 4.27. The predicted octanol–water partition coefficient (Wildman–Crippen LogP) is 2.59. The molecule has 1 rings (SSSR count). The second kappa shape index (κ2) is 5.76. The van der Waals surface area contributed by atoms with Crippen LogP contribution in [0.5, 0.6) is 5.75 Å². The minimum atomic E-state index is 0.722. The molecule has 84 valence electrons. The number of ether oxygens (including phenoxy) is 1. The van der Waals surface area contributed by atoms with E-state index in [4.69, 9.17) is 10.5 Å². The first-order valence-corrected chi connectivity index (χ1v) is 5.62. The molecule has 0 atom stereocenters. The lowest BCUT2D eigenvalue weighted by atomic mass is 9.99. The van der Waals surface area contributed by atoms with Gasteiger partial charge < -0.3 is 10.5 Å². The molecule has 0 amide bonds. The van der Waals surface area contributed by atoms with Gasteiger partial charge in [0, 0.05) is 0 Å². The molecule has 0 heterocycles. The van der Waals surface area contributed by atoms with Crippen LogP contribution in [-0.2, 0) is 6.42 Å². The number of hydrogen-bond acceptors (Lipinski definition) is 2. The van der Waals surface area contributed by atoms with Crippen LogP contribution in [0.1, 0.15) is 30.0 Å². The lowest BCUT2D eigenvalue weighted by molar-refractivity contribution is 0.333. The van der Waals surface area contributed by atoms with E-state index in [0.717, 1.165) is 31.7 Å². The zero-order chi connectivity index (χ0) is 11.3. The monoisotopic (exact) mass is 207 g/mol. The van der Waals surface area contributed by atoms with Gasteiger partial charge >= 0.3 is 0 Å². The van der Waals surface area contributed by atoms with Gasteiger partial charge in [-0.25, -0.2) is 0 Å². The van der Waals surface area contributed by atoms with E-state index in [1.807, 2.05) is 6.92 Å². The molecule has 0 unspecified atom stereocenters. The summed E-state index contributed by atoms with van der Waals surface area (Å²) in [5.41, 5.74) is 9.39. The summed E-state index contributed by atoms with van der Waals surface area (Å²) in [6.45, 7) is 7.71. The van der Waals surface area contributed by atoms with Crippen molar-refractivity contribution in [3.05, 3.63) is 28.8 Å². The van der Waals surface area contributed by atoms with E-state index < -0.39 is 0 Å². The van der Waals surface area contributed by atoms with Crippen molar-refractivity contribution in [3.63, 3.8) is 0 Å². The van der Waals surface area contributed by atoms with E-state index in [9.17, 15) is 0 Å². The van der Waals surface area contributed by atoms with Gasteiger partial charge in [-0.05, 0) is 56.8 Å². The standard InChI is InChI=1S/C13H21NO/c1-4-15-13-11(3)8-7-10(2)12(13)6-5-9-14/h7-8H,4-6,9,14H2,1-3H3. The normalized spacial score (nSPS) is 10.4. The molecular formula is C13H21NO. The van der Waals surface area contributed by atoms with Crippen LogP contribution in [0.4, 0.5) is 0 Å². The van der Waals surface area contributed by atoms with Crippen molar-refractivity contribution in [2.75, 3.05) is 13.2 Å². The summed E-state index contributed by atoms with van der Waals surface area (Å²) >= 11 is 0. The molecule has 0 radical (unpaired) electrons. The van der Waals surface area contributed by atoms with Crippen molar-refractivity contribution in [2.24, 2.45) is 5.73 Å². The maximum absolute atomic E-state index is 5.70. The van der Waals surface area contributed by atoms with Gasteiger partial charge in [0.15, 0.2) is 0 Å². The molecule has 15 heavy (non-hydrogen) atoms. The van der Waals surface area contributed by atoms with Gasteiger partial charge in [0.1, 0.15) is 5.75 Å². The Bertz CT molecular complexity index is 321. The molecule has 2 nitrogen and oxygen atoms in total. The smallest absolute Gasteiger partial charge is 0.125 e. The first-order chi connectivity index (χ1) is 7.20. The Labute approximate surface area is 92.4 Å². The van der Waals surface area contributed by atoms with Crippen LogP contribution in [-0.4, -0.2) is 13.2 Å². The first-order valence-electron chi connectivity index (χ1n) is 5.62. The predicted molar refractivity (Wildman–Crippen MR) is 64.5 cm³/mol. The van der Waals surface area contributed by atoms with Crippen molar-refractivity contribution in [1.29, 1.82) is 0 Å². The van der Waals surface area contributed by atoms with Crippen LogP contribution in [0.25, 0.3) is 0 Å². The summed E-state index contributed by atoms with van der Waals surface area (Å²) in [4.78, 5) is 0. The molecule has 0 aliphatic carbocycles. The molecule has 0 aliphatic rings. The second-order valence-corrected chi connectivity index (χ2v) is 3.83. The third-order valence-corrected chi connectivity index (χ3v) is 2.61. The van der Waals surface area contributed by atoms with Gasteiger partial charge in [0.2, 0.25) is 0 Å². The Balaban J connectivity index is 3.01. The molecule has 2 N–H and O–H groups in total. The van der Waals surface area contributed by atoms with Gasteiger partial charge in [0.25, 0.3) is 0 Å². The molecule has 0 fully saturated rings. The van der Waals surface area contributed by atoms with Crippen LogP contribution in [0.2, 0.25) is 0 Å². The van der Waals surface area contributed by atoms with Crippen LogP contribution in [0, 0.1) is 13.8 Å². The fourth-order valence-corrected chi connectivity index (χ4v) is 1.78. The fourth-order valence-electron chi connectivity index (χ4n) is 1.78. The number of nitrogens with two attached hydrogens (primary N) is 1. The molecule has 0 aromatic heterocycles. The lowest BCUT2D eigenvalue weighted by Crippen LogP contribution is -2.05. The Morgan fingerprint density at radius 3 is 2.47 bits per heavy atom. The van der Waals surface area contributed by atoms with Crippen LogP contribution in [0.3, 0.4) is 0 Å². The Morgan fingerprint density at radius 2 is 1.87 bits per heavy atom. The number of benzene rings is 1. The van der Waals surface area contributed by atoms with Gasteiger partial charge in [-0.1, -0.05) is 12.1 Å². The van der Waals surface area contributed by atoms with E-state index in [1.54, 1.807) is 0 Å². The van der Waals surface area contributed by atoms with Crippen molar-refractivity contribution in [2.45, 2.75) is 33.6 Å². The van der Waals surface area contributed by atoms with Gasteiger partial charge in [-0.2, -0.15) is 0 Å². The SMILES string of the molecule is CCOc1c(C)ccc(C)c1CCCN. The van der Waals surface area contributed by atoms with Crippen molar-refractivity contribution in [1.82, 2.24) is 0 Å². The maximum atomic E-state index is 5.70. The molecule has 0 spiro atoms. The minimum absolute atomic E-state index is 0.722. The van der Waals surface area contributed by atoms with Crippen LogP contribution in [0.15, 0.2) is 12.1 Å².